The second-order valence-electron chi connectivity index (χ2n) is 5.02. The molecule has 0 bridgehead atoms. The zero-order chi connectivity index (χ0) is 18.0. The number of aliphatic imine (C=N–C) groups is 1. The molecule has 1 aromatic carbocycles. The van der Waals surface area contributed by atoms with E-state index in [4.69, 9.17) is 0 Å². The van der Waals surface area contributed by atoms with Crippen molar-refractivity contribution in [1.82, 2.24) is 4.90 Å². The second-order valence-corrected chi connectivity index (χ2v) is 5.02. The van der Waals surface area contributed by atoms with Gasteiger partial charge in [0.05, 0.1) is 11.8 Å². The summed E-state index contributed by atoms with van der Waals surface area (Å²) in [7, 11) is 0. The van der Waals surface area contributed by atoms with E-state index in [1.165, 1.54) is 12.1 Å². The summed E-state index contributed by atoms with van der Waals surface area (Å²) in [6.45, 7) is 1.46. The first-order chi connectivity index (χ1) is 11.3. The standard InChI is InChI=1S/C14H11F2N3O2.CH2F2/c1-7-3-9(15)10(4-8(7)2)19-13(21)5-11(16)18-6-12(20)17-14(18)19;2-1-3/h3-5H,6H2,1-2H3;1H2. The molecule has 0 aliphatic carbocycles. The maximum absolute atomic E-state index is 14.2. The summed E-state index contributed by atoms with van der Waals surface area (Å²) in [5, 5.41) is 0. The average molecular weight is 343 g/mol. The minimum Gasteiger partial charge on any atom is -0.278 e. The number of fused-ring (bicyclic) bond motifs is 1. The van der Waals surface area contributed by atoms with Crippen molar-refractivity contribution in [2.75, 3.05) is 18.4 Å². The molecular weight excluding hydrogens is 330 g/mol. The minimum absolute atomic E-state index is 0.0506. The summed E-state index contributed by atoms with van der Waals surface area (Å²) in [5.74, 6) is -3.07. The Balaban J connectivity index is 0.000000647. The van der Waals surface area contributed by atoms with Crippen LogP contribution in [0.15, 0.2) is 29.2 Å². The topological polar surface area (TPSA) is 53.0 Å². The maximum atomic E-state index is 14.2. The number of carbonyl (C=O) groups is 2. The number of nitrogens with zero attached hydrogens (tertiary/aromatic N) is 3. The molecular formula is C15H13F4N3O2. The summed E-state index contributed by atoms with van der Waals surface area (Å²) in [6, 6.07) is 2.76. The summed E-state index contributed by atoms with van der Waals surface area (Å²) >= 11 is 0. The molecule has 0 fully saturated rings. The molecule has 128 valence electrons. The van der Waals surface area contributed by atoms with Gasteiger partial charge in [0.1, 0.15) is 12.4 Å². The van der Waals surface area contributed by atoms with Crippen molar-refractivity contribution in [3.05, 3.63) is 41.1 Å². The highest BCUT2D eigenvalue weighted by atomic mass is 19.3. The number of aryl methyl sites for hydroxylation is 2. The van der Waals surface area contributed by atoms with Gasteiger partial charge < -0.3 is 0 Å². The number of hydrogen-bond donors (Lipinski definition) is 0. The normalized spacial score (nSPS) is 16.4. The van der Waals surface area contributed by atoms with E-state index in [1.54, 1.807) is 13.8 Å². The van der Waals surface area contributed by atoms with Gasteiger partial charge in [-0.1, -0.05) is 0 Å². The van der Waals surface area contributed by atoms with Crippen LogP contribution in [0.4, 0.5) is 23.2 Å². The lowest BCUT2D eigenvalue weighted by Crippen LogP contribution is -2.48. The number of amides is 2. The van der Waals surface area contributed by atoms with Crippen molar-refractivity contribution in [3.8, 4) is 0 Å². The van der Waals surface area contributed by atoms with Crippen LogP contribution in [0.2, 0.25) is 0 Å². The van der Waals surface area contributed by atoms with Crippen molar-refractivity contribution in [2.24, 2.45) is 4.99 Å². The maximum Gasteiger partial charge on any atom is 0.269 e. The van der Waals surface area contributed by atoms with E-state index in [2.05, 4.69) is 4.99 Å². The Morgan fingerprint density at radius 1 is 1.12 bits per heavy atom. The Morgan fingerprint density at radius 2 is 1.71 bits per heavy atom. The van der Waals surface area contributed by atoms with Gasteiger partial charge in [-0.3, -0.25) is 14.5 Å². The molecule has 2 aliphatic heterocycles. The Kier molecular flexibility index (Phi) is 5.01. The van der Waals surface area contributed by atoms with Gasteiger partial charge in [-0.15, -0.1) is 0 Å². The van der Waals surface area contributed by atoms with Gasteiger partial charge in [0.2, 0.25) is 18.8 Å². The predicted octanol–water partition coefficient (Wildman–Crippen LogP) is 2.68. The molecule has 0 radical (unpaired) electrons. The number of hydrogen-bond acceptors (Lipinski definition) is 3. The fourth-order valence-corrected chi connectivity index (χ4v) is 2.26. The lowest BCUT2D eigenvalue weighted by atomic mass is 10.1. The van der Waals surface area contributed by atoms with Gasteiger partial charge in [0.15, 0.2) is 0 Å². The van der Waals surface area contributed by atoms with Crippen LogP contribution in [0.25, 0.3) is 0 Å². The molecule has 0 spiro atoms. The smallest absolute Gasteiger partial charge is 0.269 e. The average Bonchev–Trinajstić information content (AvgIpc) is 2.87. The highest BCUT2D eigenvalue weighted by Crippen LogP contribution is 2.30. The Labute approximate surface area is 134 Å². The molecule has 24 heavy (non-hydrogen) atoms. The van der Waals surface area contributed by atoms with Gasteiger partial charge in [-0.2, -0.15) is 9.38 Å². The van der Waals surface area contributed by atoms with Gasteiger partial charge in [0.25, 0.3) is 11.8 Å². The number of anilines is 1. The summed E-state index contributed by atoms with van der Waals surface area (Å²) in [4.78, 5) is 28.9. The Morgan fingerprint density at radius 3 is 2.33 bits per heavy atom. The number of halogens is 4. The molecule has 0 aromatic heterocycles. The van der Waals surface area contributed by atoms with Gasteiger partial charge >= 0.3 is 0 Å². The summed E-state index contributed by atoms with van der Waals surface area (Å²) < 4.78 is 47.1. The van der Waals surface area contributed by atoms with Gasteiger partial charge in [-0.25, -0.2) is 18.1 Å². The van der Waals surface area contributed by atoms with Gasteiger partial charge in [-0.05, 0) is 37.1 Å². The van der Waals surface area contributed by atoms with Crippen molar-refractivity contribution in [1.29, 1.82) is 0 Å². The third-order valence-electron chi connectivity index (χ3n) is 3.48. The van der Waals surface area contributed by atoms with Crippen LogP contribution in [-0.4, -0.2) is 36.1 Å². The molecule has 0 saturated heterocycles. The number of rotatable bonds is 1. The molecule has 0 N–H and O–H groups in total. The zero-order valence-corrected chi connectivity index (χ0v) is 12.8. The summed E-state index contributed by atoms with van der Waals surface area (Å²) in [6.07, 6.45) is 0.715. The van der Waals surface area contributed by atoms with E-state index >= 15 is 0 Å². The van der Waals surface area contributed by atoms with Crippen LogP contribution in [0.5, 0.6) is 0 Å². The third kappa shape index (κ3) is 3.15. The van der Waals surface area contributed by atoms with E-state index in [9.17, 15) is 27.2 Å². The van der Waals surface area contributed by atoms with E-state index < -0.39 is 30.5 Å². The van der Waals surface area contributed by atoms with Crippen LogP contribution in [0.3, 0.4) is 0 Å². The molecule has 2 aliphatic rings. The first-order valence-corrected chi connectivity index (χ1v) is 6.79. The Hall–Kier alpha value is -2.71. The van der Waals surface area contributed by atoms with Crippen LogP contribution >= 0.6 is 0 Å². The van der Waals surface area contributed by atoms with E-state index in [0.717, 1.165) is 20.9 Å². The number of alkyl halides is 2. The van der Waals surface area contributed by atoms with Crippen molar-refractivity contribution < 1.29 is 27.2 Å². The number of guanidine groups is 1. The molecule has 1 aromatic rings. The first-order valence-electron chi connectivity index (χ1n) is 6.79. The molecule has 2 heterocycles. The lowest BCUT2D eigenvalue weighted by molar-refractivity contribution is -0.117. The SMILES string of the molecule is Cc1cc(F)c(N2C(=O)C=C(F)N3CC(=O)N=C32)cc1C.FCF. The second kappa shape index (κ2) is 6.81. The zero-order valence-electron chi connectivity index (χ0n) is 12.8. The van der Waals surface area contributed by atoms with E-state index in [1.807, 2.05) is 0 Å². The molecule has 0 saturated carbocycles. The van der Waals surface area contributed by atoms with Crippen molar-refractivity contribution in [3.63, 3.8) is 0 Å². The highest BCUT2D eigenvalue weighted by Gasteiger charge is 2.39. The molecule has 0 unspecified atom stereocenters. The number of carbonyl (C=O) groups excluding carboxylic acids is 2. The third-order valence-corrected chi connectivity index (χ3v) is 3.48. The highest BCUT2D eigenvalue weighted by molar-refractivity contribution is 6.25. The summed E-state index contributed by atoms with van der Waals surface area (Å²) in [5.41, 5.74) is 1.44. The Bertz CT molecular complexity index is 761. The fourth-order valence-electron chi connectivity index (χ4n) is 2.26. The predicted molar refractivity (Wildman–Crippen MR) is 78.8 cm³/mol. The van der Waals surface area contributed by atoms with Crippen LogP contribution in [-0.2, 0) is 9.59 Å². The van der Waals surface area contributed by atoms with E-state index in [0.29, 0.717) is 6.08 Å². The quantitative estimate of drug-likeness (QED) is 0.582. The van der Waals surface area contributed by atoms with Crippen LogP contribution in [0, 0.1) is 19.7 Å². The lowest BCUT2D eigenvalue weighted by Gasteiger charge is -2.31. The number of benzene rings is 1. The molecule has 2 amide bonds. The fraction of sp³-hybridized carbons (Fsp3) is 0.267. The van der Waals surface area contributed by atoms with Crippen molar-refractivity contribution >= 4 is 23.5 Å². The molecule has 3 rings (SSSR count). The molecule has 5 nitrogen and oxygen atoms in total. The van der Waals surface area contributed by atoms with Crippen LogP contribution < -0.4 is 4.90 Å². The largest absolute Gasteiger partial charge is 0.278 e. The first kappa shape index (κ1) is 17.6. The van der Waals surface area contributed by atoms with E-state index in [-0.39, 0.29) is 18.2 Å². The monoisotopic (exact) mass is 343 g/mol. The molecule has 0 atom stereocenters. The molecule has 9 heteroatoms. The minimum atomic E-state index is -1.75. The van der Waals surface area contributed by atoms with Crippen LogP contribution in [0.1, 0.15) is 11.1 Å². The van der Waals surface area contributed by atoms with Gasteiger partial charge in [0, 0.05) is 0 Å². The van der Waals surface area contributed by atoms with Crippen molar-refractivity contribution in [2.45, 2.75) is 13.8 Å².